The van der Waals surface area contributed by atoms with Crippen molar-refractivity contribution in [1.29, 1.82) is 0 Å². The largest absolute Gasteiger partial charge is 0.346 e. The number of piperidine rings is 1. The van der Waals surface area contributed by atoms with Gasteiger partial charge < -0.3 is 4.57 Å². The van der Waals surface area contributed by atoms with E-state index >= 15 is 0 Å². The van der Waals surface area contributed by atoms with Crippen molar-refractivity contribution in [3.63, 3.8) is 0 Å². The highest BCUT2D eigenvalue weighted by molar-refractivity contribution is 5.77. The van der Waals surface area contributed by atoms with E-state index in [1.165, 1.54) is 29.6 Å². The lowest BCUT2D eigenvalue weighted by atomic mass is 9.94. The smallest absolute Gasteiger partial charge is 0.0890 e. The number of likely N-dealkylation sites (tertiary alicyclic amines) is 1. The lowest BCUT2D eigenvalue weighted by molar-refractivity contribution is 0.197. The van der Waals surface area contributed by atoms with Gasteiger partial charge in [0.05, 0.1) is 22.1 Å². The second-order valence-corrected chi connectivity index (χ2v) is 7.49. The Hall–Kier alpha value is -2.79. The summed E-state index contributed by atoms with van der Waals surface area (Å²) in [5.41, 5.74) is 6.96. The first-order chi connectivity index (χ1) is 13.3. The molecule has 4 aromatic rings. The molecule has 27 heavy (non-hydrogen) atoms. The zero-order valence-corrected chi connectivity index (χ0v) is 15.5. The number of aryl methyl sites for hydroxylation is 1. The van der Waals surface area contributed by atoms with Gasteiger partial charge >= 0.3 is 0 Å². The van der Waals surface area contributed by atoms with Gasteiger partial charge in [0.15, 0.2) is 0 Å². The summed E-state index contributed by atoms with van der Waals surface area (Å²) in [6.07, 6.45) is 7.85. The van der Waals surface area contributed by atoms with E-state index in [0.717, 1.165) is 36.2 Å². The molecule has 1 fully saturated rings. The summed E-state index contributed by atoms with van der Waals surface area (Å²) < 4.78 is 2.32. The molecule has 136 valence electrons. The minimum atomic E-state index is 0.554. The monoisotopic (exact) mass is 357 g/mol. The molecule has 5 nitrogen and oxygen atoms in total. The molecule has 1 saturated heterocycles. The van der Waals surface area contributed by atoms with Crippen LogP contribution in [0.15, 0.2) is 55.0 Å². The molecule has 1 aliphatic rings. The maximum Gasteiger partial charge on any atom is 0.0890 e. The van der Waals surface area contributed by atoms with E-state index in [-0.39, 0.29) is 0 Å². The summed E-state index contributed by atoms with van der Waals surface area (Å²) in [7, 11) is 2.17. The Morgan fingerprint density at radius 2 is 1.81 bits per heavy atom. The first kappa shape index (κ1) is 16.4. The van der Waals surface area contributed by atoms with E-state index in [9.17, 15) is 0 Å². The molecule has 1 aliphatic heterocycles. The number of benzene rings is 1. The van der Waals surface area contributed by atoms with Crippen LogP contribution in [0.25, 0.3) is 22.1 Å². The van der Waals surface area contributed by atoms with Gasteiger partial charge in [0.1, 0.15) is 0 Å². The SMILES string of the molecule is Cn1c(C2CCCN(Cc3ccc4nccnc4c3)C2)cc2ncccc21. The summed E-state index contributed by atoms with van der Waals surface area (Å²) in [4.78, 5) is 15.9. The van der Waals surface area contributed by atoms with Gasteiger partial charge in [0.2, 0.25) is 0 Å². The normalized spacial score (nSPS) is 18.3. The van der Waals surface area contributed by atoms with E-state index in [1.54, 1.807) is 12.4 Å². The fourth-order valence-electron chi connectivity index (χ4n) is 4.38. The van der Waals surface area contributed by atoms with Crippen LogP contribution in [0.5, 0.6) is 0 Å². The van der Waals surface area contributed by atoms with Crippen molar-refractivity contribution >= 4 is 22.1 Å². The first-order valence-electron chi connectivity index (χ1n) is 9.60. The molecule has 0 spiro atoms. The fraction of sp³-hybridized carbons (Fsp3) is 0.318. The Labute approximate surface area is 158 Å². The average Bonchev–Trinajstić information content (AvgIpc) is 3.05. The van der Waals surface area contributed by atoms with Crippen LogP contribution in [0, 0.1) is 0 Å². The topological polar surface area (TPSA) is 46.8 Å². The highest BCUT2D eigenvalue weighted by Crippen LogP contribution is 2.31. The quantitative estimate of drug-likeness (QED) is 0.558. The zero-order chi connectivity index (χ0) is 18.2. The highest BCUT2D eigenvalue weighted by atomic mass is 15.1. The molecular weight excluding hydrogens is 334 g/mol. The molecule has 1 aromatic carbocycles. The van der Waals surface area contributed by atoms with Gasteiger partial charge in [-0.2, -0.15) is 0 Å². The van der Waals surface area contributed by atoms with E-state index in [4.69, 9.17) is 0 Å². The maximum atomic E-state index is 4.53. The van der Waals surface area contributed by atoms with Gasteiger partial charge in [0, 0.05) is 50.3 Å². The molecule has 4 heterocycles. The Bertz CT molecular complexity index is 1100. The Morgan fingerprint density at radius 1 is 0.963 bits per heavy atom. The van der Waals surface area contributed by atoms with Crippen LogP contribution in [0.2, 0.25) is 0 Å². The highest BCUT2D eigenvalue weighted by Gasteiger charge is 2.24. The lowest BCUT2D eigenvalue weighted by Crippen LogP contribution is -2.34. The van der Waals surface area contributed by atoms with Crippen LogP contribution in [0.1, 0.15) is 30.0 Å². The average molecular weight is 357 g/mol. The Balaban J connectivity index is 1.37. The molecule has 5 heteroatoms. The van der Waals surface area contributed by atoms with E-state index < -0.39 is 0 Å². The second-order valence-electron chi connectivity index (χ2n) is 7.49. The molecular formula is C22H23N5. The van der Waals surface area contributed by atoms with Gasteiger partial charge in [-0.3, -0.25) is 19.9 Å². The predicted molar refractivity (Wildman–Crippen MR) is 108 cm³/mol. The molecule has 0 aliphatic carbocycles. The number of hydrogen-bond acceptors (Lipinski definition) is 4. The number of aromatic nitrogens is 4. The minimum Gasteiger partial charge on any atom is -0.346 e. The molecule has 0 radical (unpaired) electrons. The summed E-state index contributed by atoms with van der Waals surface area (Å²) >= 11 is 0. The Morgan fingerprint density at radius 3 is 2.70 bits per heavy atom. The molecule has 0 bridgehead atoms. The molecule has 0 saturated carbocycles. The van der Waals surface area contributed by atoms with Crippen molar-refractivity contribution in [3.8, 4) is 0 Å². The predicted octanol–water partition coefficient (Wildman–Crippen LogP) is 3.90. The molecule has 5 rings (SSSR count). The molecule has 1 unspecified atom stereocenters. The summed E-state index contributed by atoms with van der Waals surface area (Å²) in [6, 6.07) is 12.9. The lowest BCUT2D eigenvalue weighted by Gasteiger charge is -2.33. The van der Waals surface area contributed by atoms with E-state index in [2.05, 4.69) is 61.8 Å². The molecule has 1 atom stereocenters. The van der Waals surface area contributed by atoms with Crippen LogP contribution in [0.4, 0.5) is 0 Å². The Kier molecular flexibility index (Phi) is 4.09. The van der Waals surface area contributed by atoms with Gasteiger partial charge in [-0.1, -0.05) is 6.07 Å². The van der Waals surface area contributed by atoms with Crippen molar-refractivity contribution < 1.29 is 0 Å². The fourth-order valence-corrected chi connectivity index (χ4v) is 4.38. The maximum absolute atomic E-state index is 4.53. The third-order valence-corrected chi connectivity index (χ3v) is 5.71. The number of nitrogens with zero attached hydrogens (tertiary/aromatic N) is 5. The van der Waals surface area contributed by atoms with Crippen LogP contribution in [-0.4, -0.2) is 37.5 Å². The van der Waals surface area contributed by atoms with Crippen LogP contribution < -0.4 is 0 Å². The minimum absolute atomic E-state index is 0.554. The van der Waals surface area contributed by atoms with Crippen LogP contribution >= 0.6 is 0 Å². The van der Waals surface area contributed by atoms with Gasteiger partial charge in [-0.05, 0) is 55.3 Å². The number of pyridine rings is 1. The van der Waals surface area contributed by atoms with Crippen molar-refractivity contribution in [3.05, 3.63) is 66.2 Å². The third-order valence-electron chi connectivity index (χ3n) is 5.71. The van der Waals surface area contributed by atoms with Crippen LogP contribution in [0.3, 0.4) is 0 Å². The number of hydrogen-bond donors (Lipinski definition) is 0. The molecule has 0 N–H and O–H groups in total. The van der Waals surface area contributed by atoms with Gasteiger partial charge in [-0.25, -0.2) is 0 Å². The van der Waals surface area contributed by atoms with Crippen molar-refractivity contribution in [2.45, 2.75) is 25.3 Å². The second kappa shape index (κ2) is 6.74. The number of rotatable bonds is 3. The van der Waals surface area contributed by atoms with Crippen molar-refractivity contribution in [1.82, 2.24) is 24.4 Å². The van der Waals surface area contributed by atoms with E-state index in [1.807, 2.05) is 12.3 Å². The summed E-state index contributed by atoms with van der Waals surface area (Å²) in [5.74, 6) is 0.554. The van der Waals surface area contributed by atoms with Crippen LogP contribution in [-0.2, 0) is 13.6 Å². The van der Waals surface area contributed by atoms with Gasteiger partial charge in [-0.15, -0.1) is 0 Å². The van der Waals surface area contributed by atoms with Crippen molar-refractivity contribution in [2.24, 2.45) is 7.05 Å². The van der Waals surface area contributed by atoms with Gasteiger partial charge in [0.25, 0.3) is 0 Å². The standard InChI is InChI=1S/C22H23N5/c1-26-21-5-2-8-23-20(21)13-22(26)17-4-3-11-27(15-17)14-16-6-7-18-19(12-16)25-10-9-24-18/h2,5-10,12-13,17H,3-4,11,14-15H2,1H3. The third kappa shape index (κ3) is 3.08. The summed E-state index contributed by atoms with van der Waals surface area (Å²) in [6.45, 7) is 3.20. The first-order valence-corrected chi connectivity index (χ1v) is 9.60. The molecule has 0 amide bonds. The zero-order valence-electron chi connectivity index (χ0n) is 15.5. The van der Waals surface area contributed by atoms with E-state index in [0.29, 0.717) is 5.92 Å². The summed E-state index contributed by atoms with van der Waals surface area (Å²) in [5, 5.41) is 0. The van der Waals surface area contributed by atoms with Crippen molar-refractivity contribution in [2.75, 3.05) is 13.1 Å². The molecule has 3 aromatic heterocycles. The number of fused-ring (bicyclic) bond motifs is 2.